The summed E-state index contributed by atoms with van der Waals surface area (Å²) in [5, 5.41) is 17.4. The molecular weight excluding hydrogens is 540 g/mol. The Morgan fingerprint density at radius 1 is 0.953 bits per heavy atom. The third-order valence-corrected chi connectivity index (χ3v) is 8.83. The molecular formula is C37H62O6. The van der Waals surface area contributed by atoms with E-state index in [9.17, 15) is 9.59 Å². The van der Waals surface area contributed by atoms with Gasteiger partial charge < -0.3 is 19.7 Å². The van der Waals surface area contributed by atoms with Gasteiger partial charge in [0.15, 0.2) is 0 Å². The van der Waals surface area contributed by atoms with Crippen LogP contribution in [0.1, 0.15) is 120 Å². The first kappa shape index (κ1) is 42.5. The van der Waals surface area contributed by atoms with E-state index in [0.29, 0.717) is 11.8 Å². The molecule has 5 rings (SSSR count). The molecule has 2 bridgehead atoms. The van der Waals surface area contributed by atoms with E-state index in [0.717, 1.165) is 36.8 Å². The third kappa shape index (κ3) is 10.5. The molecule has 0 aromatic heterocycles. The maximum Gasteiger partial charge on any atom is 0.332 e. The summed E-state index contributed by atoms with van der Waals surface area (Å²) >= 11 is 0. The van der Waals surface area contributed by atoms with Crippen molar-refractivity contribution in [3.63, 3.8) is 0 Å². The van der Waals surface area contributed by atoms with Gasteiger partial charge in [0.1, 0.15) is 18.3 Å². The zero-order valence-corrected chi connectivity index (χ0v) is 29.0. The summed E-state index contributed by atoms with van der Waals surface area (Å²) in [7, 11) is 0. The van der Waals surface area contributed by atoms with Crippen molar-refractivity contribution in [2.45, 2.75) is 132 Å². The number of hydrogen-bond acceptors (Lipinski definition) is 5. The van der Waals surface area contributed by atoms with E-state index in [4.69, 9.17) is 19.7 Å². The molecule has 2 saturated carbocycles. The van der Waals surface area contributed by atoms with Crippen LogP contribution in [0.4, 0.5) is 0 Å². The monoisotopic (exact) mass is 602 g/mol. The zero-order valence-electron chi connectivity index (χ0n) is 29.0. The number of hydrogen-bond donors (Lipinski definition) is 2. The van der Waals surface area contributed by atoms with Gasteiger partial charge in [-0.2, -0.15) is 0 Å². The molecule has 1 aromatic rings. The van der Waals surface area contributed by atoms with E-state index < -0.39 is 24.1 Å². The van der Waals surface area contributed by atoms with Crippen LogP contribution in [0.3, 0.4) is 0 Å². The van der Waals surface area contributed by atoms with Crippen LogP contribution in [-0.2, 0) is 19.1 Å². The fourth-order valence-corrected chi connectivity index (χ4v) is 6.71. The number of rotatable bonds is 5. The summed E-state index contributed by atoms with van der Waals surface area (Å²) in [6.45, 7) is 22.3. The second kappa shape index (κ2) is 21.1. The zero-order chi connectivity index (χ0) is 33.9. The molecule has 43 heavy (non-hydrogen) atoms. The Hall–Kier alpha value is -2.62. The van der Waals surface area contributed by atoms with Crippen LogP contribution in [0.5, 0.6) is 0 Å². The first-order valence-electron chi connectivity index (χ1n) is 16.4. The molecule has 2 aliphatic heterocycles. The van der Waals surface area contributed by atoms with Crippen LogP contribution in [-0.4, -0.2) is 46.1 Å². The first-order chi connectivity index (χ1) is 20.6. The van der Waals surface area contributed by atoms with Crippen molar-refractivity contribution in [3.05, 3.63) is 42.0 Å². The van der Waals surface area contributed by atoms with E-state index >= 15 is 0 Å². The summed E-state index contributed by atoms with van der Waals surface area (Å²) in [6, 6.07) is 9.31. The number of carboxylic acid groups (broad SMARTS) is 1. The van der Waals surface area contributed by atoms with Crippen molar-refractivity contribution in [1.29, 1.82) is 0 Å². The number of ether oxygens (including phenoxy) is 2. The fourth-order valence-electron chi connectivity index (χ4n) is 6.71. The highest BCUT2D eigenvalue weighted by Gasteiger charge is 2.73. The van der Waals surface area contributed by atoms with Crippen molar-refractivity contribution in [3.8, 4) is 12.8 Å². The van der Waals surface area contributed by atoms with E-state index in [1.165, 1.54) is 19.3 Å². The molecule has 4 aliphatic rings. The van der Waals surface area contributed by atoms with Gasteiger partial charge in [-0.15, -0.1) is 12.8 Å². The predicted molar refractivity (Wildman–Crippen MR) is 180 cm³/mol. The van der Waals surface area contributed by atoms with Crippen LogP contribution in [0.25, 0.3) is 6.08 Å². The molecule has 0 spiro atoms. The van der Waals surface area contributed by atoms with E-state index in [1.807, 2.05) is 85.7 Å². The molecule has 2 saturated heterocycles. The molecule has 2 aliphatic carbocycles. The van der Waals surface area contributed by atoms with Crippen LogP contribution in [0.2, 0.25) is 0 Å². The highest BCUT2D eigenvalue weighted by atomic mass is 16.6. The highest BCUT2D eigenvalue weighted by Crippen LogP contribution is 2.70. The van der Waals surface area contributed by atoms with Crippen molar-refractivity contribution in [1.82, 2.24) is 0 Å². The standard InChI is InChI=1S/C18H28O4.C9H8O2.4C2H6.C2H2/c1-11-6-7-16(2)13(11)8-18(12-4-5-12)9-14(17(16,3)22-18)21-15(20)10-19;10-9(11)7-6-8-4-2-1-3-5-8;5*1-2/h11-14,19H,4-10H2,1-3H3;1-7H,(H,10,11);4*1-2H3;1-2H/b;7-6+;;;;;/t11-,13?,14-,16-,17-,18-;;;;;;/m1....../s1. The lowest BCUT2D eigenvalue weighted by Crippen LogP contribution is -2.59. The normalized spacial score (nSPS) is 30.5. The Morgan fingerprint density at radius 3 is 1.95 bits per heavy atom. The number of carboxylic acids is 1. The number of benzene rings is 1. The lowest BCUT2D eigenvalue weighted by molar-refractivity contribution is -0.242. The smallest absolute Gasteiger partial charge is 0.332 e. The lowest BCUT2D eigenvalue weighted by atomic mass is 9.62. The van der Waals surface area contributed by atoms with Gasteiger partial charge in [0.2, 0.25) is 0 Å². The van der Waals surface area contributed by atoms with Gasteiger partial charge in [-0.3, -0.25) is 0 Å². The largest absolute Gasteiger partial charge is 0.478 e. The van der Waals surface area contributed by atoms with E-state index in [2.05, 4.69) is 33.6 Å². The molecule has 2 N–H and O–H groups in total. The molecule has 1 aromatic carbocycles. The van der Waals surface area contributed by atoms with Crippen LogP contribution in [0, 0.1) is 36.0 Å². The van der Waals surface area contributed by atoms with Gasteiger partial charge in [-0.25, -0.2) is 9.59 Å². The third-order valence-electron chi connectivity index (χ3n) is 8.83. The van der Waals surface area contributed by atoms with Crippen LogP contribution < -0.4 is 0 Å². The SMILES string of the molecule is C#C.CC.CC.CC.CC.C[C@@H]1CC[C@]2(C)C1C[C@]1(C3CC3)C[C@@H](OC(=O)CO)[C@@]2(C)O1.O=C(O)/C=C/c1ccccc1. The maximum absolute atomic E-state index is 11.7. The number of aliphatic carboxylic acids is 1. The maximum atomic E-state index is 11.7. The number of aliphatic hydroxyl groups is 1. The van der Waals surface area contributed by atoms with Crippen molar-refractivity contribution in [2.75, 3.05) is 6.61 Å². The average Bonchev–Trinajstić information content (AvgIpc) is 3.84. The Morgan fingerprint density at radius 2 is 1.49 bits per heavy atom. The van der Waals surface area contributed by atoms with Gasteiger partial charge in [0, 0.05) is 17.9 Å². The molecule has 4 fully saturated rings. The van der Waals surface area contributed by atoms with Crippen molar-refractivity contribution in [2.24, 2.45) is 23.2 Å². The minimum atomic E-state index is -0.922. The Bertz CT molecular complexity index is 952. The molecule has 246 valence electrons. The minimum absolute atomic E-state index is 0.0711. The number of terminal acetylenes is 1. The Kier molecular flexibility index (Phi) is 20.9. The van der Waals surface area contributed by atoms with Gasteiger partial charge in [-0.1, -0.05) is 99.6 Å². The topological polar surface area (TPSA) is 93.1 Å². The second-order valence-electron chi connectivity index (χ2n) is 10.7. The summed E-state index contributed by atoms with van der Waals surface area (Å²) in [4.78, 5) is 21.8. The Labute approximate surface area is 263 Å². The number of esters is 1. The molecule has 6 atom stereocenters. The second-order valence-corrected chi connectivity index (χ2v) is 10.7. The molecule has 2 heterocycles. The molecule has 6 heteroatoms. The molecule has 0 radical (unpaired) electrons. The van der Waals surface area contributed by atoms with Crippen molar-refractivity contribution >= 4 is 18.0 Å². The van der Waals surface area contributed by atoms with E-state index in [1.54, 1.807) is 6.08 Å². The predicted octanol–water partition coefficient (Wildman–Crippen LogP) is 8.81. The van der Waals surface area contributed by atoms with Crippen LogP contribution >= 0.6 is 0 Å². The summed E-state index contributed by atoms with van der Waals surface area (Å²) in [5.74, 6) is 0.582. The lowest BCUT2D eigenvalue weighted by Gasteiger charge is -2.54. The van der Waals surface area contributed by atoms with Crippen molar-refractivity contribution < 1.29 is 29.3 Å². The number of carbonyl (C=O) groups excluding carboxylic acids is 1. The number of fused-ring (bicyclic) bond motifs is 4. The van der Waals surface area contributed by atoms with Gasteiger partial charge in [0.05, 0.1) is 5.60 Å². The summed E-state index contributed by atoms with van der Waals surface area (Å²) < 4.78 is 12.4. The van der Waals surface area contributed by atoms with Gasteiger partial charge in [-0.05, 0) is 68.4 Å². The van der Waals surface area contributed by atoms with Gasteiger partial charge in [0.25, 0.3) is 0 Å². The average molecular weight is 603 g/mol. The Balaban J connectivity index is 0. The van der Waals surface area contributed by atoms with Gasteiger partial charge >= 0.3 is 11.9 Å². The number of carbonyl (C=O) groups is 2. The number of aliphatic hydroxyl groups excluding tert-OH is 1. The summed E-state index contributed by atoms with van der Waals surface area (Å²) in [6.07, 6.45) is 17.3. The fraction of sp³-hybridized carbons (Fsp3) is 0.676. The summed E-state index contributed by atoms with van der Waals surface area (Å²) in [5.41, 5.74) is 0.475. The molecule has 1 unspecified atom stereocenters. The minimum Gasteiger partial charge on any atom is -0.478 e. The quantitative estimate of drug-likeness (QED) is 0.199. The first-order valence-corrected chi connectivity index (χ1v) is 16.4. The molecule has 0 amide bonds. The van der Waals surface area contributed by atoms with Crippen LogP contribution in [0.15, 0.2) is 36.4 Å². The highest BCUT2D eigenvalue weighted by molar-refractivity contribution is 5.85. The molecule has 6 nitrogen and oxygen atoms in total. The van der Waals surface area contributed by atoms with E-state index in [-0.39, 0.29) is 17.1 Å².